The number of thiophene rings is 1. The van der Waals surface area contributed by atoms with Crippen LogP contribution in [0.3, 0.4) is 0 Å². The average molecular weight is 303 g/mol. The lowest BCUT2D eigenvalue weighted by atomic mass is 9.96. The van der Waals surface area contributed by atoms with E-state index in [1.807, 2.05) is 11.0 Å². The SMILES string of the molecule is CC(C)N(Cc1cccs1)C(=O)C1CCNCC1.Cl. The molecule has 19 heavy (non-hydrogen) atoms. The van der Waals surface area contributed by atoms with E-state index in [1.165, 1.54) is 4.88 Å². The molecule has 0 radical (unpaired) electrons. The Balaban J connectivity index is 0.00000180. The van der Waals surface area contributed by atoms with Crippen molar-refractivity contribution in [2.75, 3.05) is 13.1 Å². The summed E-state index contributed by atoms with van der Waals surface area (Å²) in [4.78, 5) is 15.9. The Morgan fingerprint density at radius 1 is 1.47 bits per heavy atom. The van der Waals surface area contributed by atoms with Gasteiger partial charge in [0.05, 0.1) is 6.54 Å². The van der Waals surface area contributed by atoms with Gasteiger partial charge in [0.25, 0.3) is 0 Å². The molecule has 1 saturated heterocycles. The molecule has 108 valence electrons. The first-order chi connectivity index (χ1) is 8.68. The minimum absolute atomic E-state index is 0. The second-order valence-electron chi connectivity index (χ2n) is 5.16. The fraction of sp³-hybridized carbons (Fsp3) is 0.643. The van der Waals surface area contributed by atoms with E-state index >= 15 is 0 Å². The lowest BCUT2D eigenvalue weighted by Crippen LogP contribution is -2.43. The van der Waals surface area contributed by atoms with Crippen LogP contribution in [0.1, 0.15) is 31.6 Å². The van der Waals surface area contributed by atoms with Crippen molar-refractivity contribution in [3.05, 3.63) is 22.4 Å². The number of halogens is 1. The molecule has 0 aliphatic carbocycles. The Morgan fingerprint density at radius 3 is 2.68 bits per heavy atom. The highest BCUT2D eigenvalue weighted by Crippen LogP contribution is 2.20. The number of carbonyl (C=O) groups excluding carboxylic acids is 1. The van der Waals surface area contributed by atoms with Gasteiger partial charge >= 0.3 is 0 Å². The molecular weight excluding hydrogens is 280 g/mol. The van der Waals surface area contributed by atoms with Crippen molar-refractivity contribution in [3.8, 4) is 0 Å². The maximum Gasteiger partial charge on any atom is 0.226 e. The zero-order valence-electron chi connectivity index (χ0n) is 11.6. The second kappa shape index (κ2) is 7.88. The van der Waals surface area contributed by atoms with Crippen LogP contribution in [0.2, 0.25) is 0 Å². The summed E-state index contributed by atoms with van der Waals surface area (Å²) in [5.74, 6) is 0.550. The first-order valence-electron chi connectivity index (χ1n) is 6.72. The minimum Gasteiger partial charge on any atom is -0.335 e. The van der Waals surface area contributed by atoms with Crippen LogP contribution in [0.4, 0.5) is 0 Å². The van der Waals surface area contributed by atoms with Crippen LogP contribution in [0.25, 0.3) is 0 Å². The summed E-state index contributed by atoms with van der Waals surface area (Å²) in [7, 11) is 0. The van der Waals surface area contributed by atoms with Crippen molar-refractivity contribution in [2.24, 2.45) is 5.92 Å². The molecule has 1 aromatic heterocycles. The topological polar surface area (TPSA) is 32.3 Å². The third-order valence-corrected chi connectivity index (χ3v) is 4.36. The van der Waals surface area contributed by atoms with Crippen molar-refractivity contribution in [1.29, 1.82) is 0 Å². The quantitative estimate of drug-likeness (QED) is 0.927. The molecule has 0 unspecified atom stereocenters. The van der Waals surface area contributed by atoms with Gasteiger partial charge in [0.1, 0.15) is 0 Å². The molecule has 1 aliphatic heterocycles. The van der Waals surface area contributed by atoms with Crippen LogP contribution < -0.4 is 5.32 Å². The molecule has 3 nitrogen and oxygen atoms in total. The van der Waals surface area contributed by atoms with Gasteiger partial charge in [-0.15, -0.1) is 23.7 Å². The smallest absolute Gasteiger partial charge is 0.226 e. The third-order valence-electron chi connectivity index (χ3n) is 3.50. The lowest BCUT2D eigenvalue weighted by Gasteiger charge is -2.32. The summed E-state index contributed by atoms with van der Waals surface area (Å²) < 4.78 is 0. The second-order valence-corrected chi connectivity index (χ2v) is 6.20. The molecule has 1 aliphatic rings. The molecular formula is C14H23ClN2OS. The van der Waals surface area contributed by atoms with Crippen LogP contribution in [-0.2, 0) is 11.3 Å². The Kier molecular flexibility index (Phi) is 6.83. The summed E-state index contributed by atoms with van der Waals surface area (Å²) in [6.07, 6.45) is 1.96. The van der Waals surface area contributed by atoms with Gasteiger partial charge in [0.15, 0.2) is 0 Å². The predicted octanol–water partition coefficient (Wildman–Crippen LogP) is 2.91. The van der Waals surface area contributed by atoms with E-state index < -0.39 is 0 Å². The minimum atomic E-state index is 0. The Labute approximate surface area is 125 Å². The van der Waals surface area contributed by atoms with Crippen LogP contribution in [0.15, 0.2) is 17.5 Å². The number of piperidine rings is 1. The maximum absolute atomic E-state index is 12.6. The van der Waals surface area contributed by atoms with Crippen molar-refractivity contribution < 1.29 is 4.79 Å². The number of rotatable bonds is 4. The zero-order valence-corrected chi connectivity index (χ0v) is 13.2. The number of hydrogen-bond acceptors (Lipinski definition) is 3. The van der Waals surface area contributed by atoms with Gasteiger partial charge in [-0.05, 0) is 51.2 Å². The van der Waals surface area contributed by atoms with E-state index in [0.717, 1.165) is 32.5 Å². The van der Waals surface area contributed by atoms with Crippen LogP contribution in [-0.4, -0.2) is 29.9 Å². The molecule has 1 N–H and O–H groups in total. The Hall–Kier alpha value is -0.580. The molecule has 1 fully saturated rings. The first-order valence-corrected chi connectivity index (χ1v) is 7.60. The fourth-order valence-corrected chi connectivity index (χ4v) is 3.09. The molecule has 1 amide bonds. The number of amides is 1. The van der Waals surface area contributed by atoms with Crippen LogP contribution in [0, 0.1) is 5.92 Å². The van der Waals surface area contributed by atoms with Crippen molar-refractivity contribution in [1.82, 2.24) is 10.2 Å². The number of hydrogen-bond donors (Lipinski definition) is 1. The molecule has 0 bridgehead atoms. The Bertz CT molecular complexity index is 375. The molecule has 0 atom stereocenters. The highest BCUT2D eigenvalue weighted by molar-refractivity contribution is 7.09. The summed E-state index contributed by atoms with van der Waals surface area (Å²) >= 11 is 1.73. The average Bonchev–Trinajstić information content (AvgIpc) is 2.89. The van der Waals surface area contributed by atoms with E-state index in [2.05, 4.69) is 30.6 Å². The lowest BCUT2D eigenvalue weighted by molar-refractivity contribution is -0.138. The normalized spacial score (nSPS) is 16.2. The van der Waals surface area contributed by atoms with Gasteiger partial charge in [-0.2, -0.15) is 0 Å². The molecule has 0 saturated carbocycles. The highest BCUT2D eigenvalue weighted by Gasteiger charge is 2.27. The Morgan fingerprint density at radius 2 is 2.16 bits per heavy atom. The molecule has 0 spiro atoms. The third kappa shape index (κ3) is 4.48. The predicted molar refractivity (Wildman–Crippen MR) is 82.8 cm³/mol. The van der Waals surface area contributed by atoms with Crippen molar-refractivity contribution in [3.63, 3.8) is 0 Å². The fourth-order valence-electron chi connectivity index (χ4n) is 2.39. The number of nitrogens with one attached hydrogen (secondary N) is 1. The standard InChI is InChI=1S/C14H22N2OS.ClH/c1-11(2)16(10-13-4-3-9-18-13)14(17)12-5-7-15-8-6-12;/h3-4,9,11-12,15H,5-8,10H2,1-2H3;1H. The monoisotopic (exact) mass is 302 g/mol. The van der Waals surface area contributed by atoms with E-state index in [9.17, 15) is 4.79 Å². The first kappa shape index (κ1) is 16.5. The number of carbonyl (C=O) groups is 1. The molecule has 1 aromatic rings. The van der Waals surface area contributed by atoms with Gasteiger partial charge in [-0.3, -0.25) is 4.79 Å². The largest absolute Gasteiger partial charge is 0.335 e. The van der Waals surface area contributed by atoms with Crippen LogP contribution >= 0.6 is 23.7 Å². The summed E-state index contributed by atoms with van der Waals surface area (Å²) in [5, 5.41) is 5.39. The van der Waals surface area contributed by atoms with E-state index in [1.54, 1.807) is 11.3 Å². The summed E-state index contributed by atoms with van der Waals surface area (Å²) in [6.45, 7) is 6.92. The van der Waals surface area contributed by atoms with Crippen molar-refractivity contribution >= 4 is 29.7 Å². The summed E-state index contributed by atoms with van der Waals surface area (Å²) in [5.41, 5.74) is 0. The van der Waals surface area contributed by atoms with Gasteiger partial charge in [-0.25, -0.2) is 0 Å². The highest BCUT2D eigenvalue weighted by atomic mass is 35.5. The van der Waals surface area contributed by atoms with E-state index in [-0.39, 0.29) is 24.4 Å². The van der Waals surface area contributed by atoms with Gasteiger partial charge < -0.3 is 10.2 Å². The molecule has 2 rings (SSSR count). The van der Waals surface area contributed by atoms with Gasteiger partial charge in [0, 0.05) is 16.8 Å². The van der Waals surface area contributed by atoms with Crippen LogP contribution in [0.5, 0.6) is 0 Å². The molecule has 5 heteroatoms. The zero-order chi connectivity index (χ0) is 13.0. The van der Waals surface area contributed by atoms with Gasteiger partial charge in [0.2, 0.25) is 5.91 Å². The van der Waals surface area contributed by atoms with Crippen molar-refractivity contribution in [2.45, 2.75) is 39.3 Å². The van der Waals surface area contributed by atoms with E-state index in [0.29, 0.717) is 5.91 Å². The van der Waals surface area contributed by atoms with Gasteiger partial charge in [-0.1, -0.05) is 6.07 Å². The summed E-state index contributed by atoms with van der Waals surface area (Å²) in [6, 6.07) is 4.43. The molecule has 2 heterocycles. The molecule has 0 aromatic carbocycles. The van der Waals surface area contributed by atoms with E-state index in [4.69, 9.17) is 0 Å². The number of nitrogens with zero attached hydrogens (tertiary/aromatic N) is 1. The maximum atomic E-state index is 12.6.